The summed E-state index contributed by atoms with van der Waals surface area (Å²) in [6.45, 7) is 0. The zero-order valence-electron chi connectivity index (χ0n) is 40.9. The highest BCUT2D eigenvalue weighted by Gasteiger charge is 2.22. The highest BCUT2D eigenvalue weighted by Crippen LogP contribution is 2.46. The fourth-order valence-corrected chi connectivity index (χ4v) is 12.2. The molecule has 4 nitrogen and oxygen atoms in total. The Hall–Kier alpha value is -9.68. The van der Waals surface area contributed by atoms with Crippen LogP contribution in [0.4, 0.5) is 51.2 Å². The van der Waals surface area contributed by atoms with Gasteiger partial charge in [0.25, 0.3) is 0 Å². The van der Waals surface area contributed by atoms with Gasteiger partial charge in [0.2, 0.25) is 0 Å². The van der Waals surface area contributed by atoms with Crippen LogP contribution in [0.15, 0.2) is 291 Å². The van der Waals surface area contributed by atoms with Gasteiger partial charge in [0.15, 0.2) is 0 Å². The highest BCUT2D eigenvalue weighted by molar-refractivity contribution is 7.25. The van der Waals surface area contributed by atoms with Crippen LogP contribution in [-0.2, 0) is 0 Å². The van der Waals surface area contributed by atoms with Gasteiger partial charge in [-0.1, -0.05) is 158 Å². The Morgan fingerprint density at radius 1 is 0.253 bits per heavy atom. The van der Waals surface area contributed by atoms with Crippen LogP contribution in [-0.4, -0.2) is 4.57 Å². The molecule has 0 bridgehead atoms. The maximum Gasteiger partial charge on any atom is 0.0542 e. The summed E-state index contributed by atoms with van der Waals surface area (Å²) in [5.41, 5.74) is 15.7. The lowest BCUT2D eigenvalue weighted by Crippen LogP contribution is -2.13. The van der Waals surface area contributed by atoms with E-state index in [-0.39, 0.29) is 0 Å². The van der Waals surface area contributed by atoms with Crippen molar-refractivity contribution in [2.24, 2.45) is 0 Å². The molecular weight excluding hydrogens is 929 g/mol. The Labute approximate surface area is 440 Å². The Bertz CT molecular complexity index is 4330. The molecule has 0 amide bonds. The molecule has 2 aromatic heterocycles. The zero-order valence-corrected chi connectivity index (χ0v) is 41.7. The van der Waals surface area contributed by atoms with Gasteiger partial charge in [0.1, 0.15) is 0 Å². The van der Waals surface area contributed by atoms with Gasteiger partial charge in [-0.15, -0.1) is 11.3 Å². The van der Waals surface area contributed by atoms with Gasteiger partial charge in [0.05, 0.1) is 16.7 Å². The molecule has 0 radical (unpaired) electrons. The summed E-state index contributed by atoms with van der Waals surface area (Å²) < 4.78 is 4.89. The Morgan fingerprint density at radius 3 is 1.49 bits per heavy atom. The fraction of sp³-hybridized carbons (Fsp3) is 0. The molecule has 5 heteroatoms. The normalized spacial score (nSPS) is 11.5. The van der Waals surface area contributed by atoms with Gasteiger partial charge in [-0.05, 0) is 150 Å². The van der Waals surface area contributed by atoms with Gasteiger partial charge in [-0.2, -0.15) is 0 Å². The summed E-state index contributed by atoms with van der Waals surface area (Å²) >= 11 is 1.85. The van der Waals surface area contributed by atoms with Crippen molar-refractivity contribution in [2.45, 2.75) is 0 Å². The molecule has 75 heavy (non-hydrogen) atoms. The molecule has 0 aliphatic carbocycles. The van der Waals surface area contributed by atoms with Crippen molar-refractivity contribution in [1.82, 2.24) is 4.57 Å². The number of thiophene rings is 1. The number of nitrogens with zero attached hydrogens (tertiary/aromatic N) is 4. The molecule has 14 rings (SSSR count). The number of hydrogen-bond acceptors (Lipinski definition) is 4. The van der Waals surface area contributed by atoms with Gasteiger partial charge in [-0.25, -0.2) is 0 Å². The molecule has 0 aliphatic heterocycles. The molecule has 0 unspecified atom stereocenters. The maximum absolute atomic E-state index is 2.44. The molecular formula is C70H48N4S. The number of hydrogen-bond donors (Lipinski definition) is 0. The minimum atomic E-state index is 1.06. The van der Waals surface area contributed by atoms with E-state index in [1.807, 2.05) is 11.3 Å². The third kappa shape index (κ3) is 7.94. The van der Waals surface area contributed by atoms with Crippen molar-refractivity contribution >= 4 is 115 Å². The van der Waals surface area contributed by atoms with Gasteiger partial charge in [0, 0.05) is 87.5 Å². The van der Waals surface area contributed by atoms with Crippen molar-refractivity contribution < 1.29 is 0 Å². The predicted molar refractivity (Wildman–Crippen MR) is 321 cm³/mol. The monoisotopic (exact) mass is 976 g/mol. The Morgan fingerprint density at radius 2 is 0.760 bits per heavy atom. The first-order valence-corrected chi connectivity index (χ1v) is 26.3. The van der Waals surface area contributed by atoms with Crippen LogP contribution in [0.5, 0.6) is 0 Å². The third-order valence-electron chi connectivity index (χ3n) is 14.5. The van der Waals surface area contributed by atoms with Gasteiger partial charge < -0.3 is 19.3 Å². The summed E-state index contributed by atoms with van der Waals surface area (Å²) in [7, 11) is 0. The van der Waals surface area contributed by atoms with E-state index in [1.165, 1.54) is 63.9 Å². The second kappa shape index (κ2) is 18.7. The zero-order chi connectivity index (χ0) is 49.7. The Balaban J connectivity index is 0.877. The molecule has 0 aliphatic rings. The molecule has 14 aromatic rings. The first-order chi connectivity index (χ1) is 37.2. The molecule has 2 heterocycles. The number of para-hydroxylation sites is 5. The molecule has 0 atom stereocenters. The number of aromatic nitrogens is 1. The fourth-order valence-electron chi connectivity index (χ4n) is 11.1. The summed E-state index contributed by atoms with van der Waals surface area (Å²) in [6, 6.07) is 106. The quantitative estimate of drug-likeness (QED) is 0.128. The average Bonchev–Trinajstić information content (AvgIpc) is 4.01. The number of fused-ring (bicyclic) bond motifs is 7. The molecule has 0 saturated heterocycles. The number of rotatable bonds is 11. The number of anilines is 9. The molecule has 0 fully saturated rings. The van der Waals surface area contributed by atoms with Crippen LogP contribution < -0.4 is 14.7 Å². The minimum absolute atomic E-state index is 1.06. The standard InChI is InChI=1S/C70H48N4S/c1-5-23-52(24-6-1)71(53-25-7-2-8-26-53)56-31-17-22-50(44-56)51-38-43-69-65(45-51)63-41-39-60(48-70(63)75-69)72(54-27-9-3-10-28-54)57-32-19-33-58(46-57)73(66-37-18-21-49-20-13-14-34-61(49)66)59-40-42-68-64(47-59)62-35-15-16-36-67(62)74(68)55-29-11-4-12-30-55/h1-48H. The first-order valence-electron chi connectivity index (χ1n) is 25.5. The summed E-state index contributed by atoms with van der Waals surface area (Å²) in [5.74, 6) is 0. The van der Waals surface area contributed by atoms with E-state index in [4.69, 9.17) is 0 Å². The average molecular weight is 977 g/mol. The summed E-state index contributed by atoms with van der Waals surface area (Å²) in [4.78, 5) is 7.16. The van der Waals surface area contributed by atoms with Crippen LogP contribution in [0.2, 0.25) is 0 Å². The second-order valence-electron chi connectivity index (χ2n) is 19.0. The predicted octanol–water partition coefficient (Wildman–Crippen LogP) is 20.4. The first kappa shape index (κ1) is 44.1. The van der Waals surface area contributed by atoms with Crippen LogP contribution >= 0.6 is 11.3 Å². The lowest BCUT2D eigenvalue weighted by Gasteiger charge is -2.30. The van der Waals surface area contributed by atoms with Crippen molar-refractivity contribution in [3.8, 4) is 16.8 Å². The smallest absolute Gasteiger partial charge is 0.0542 e. The van der Waals surface area contributed by atoms with Crippen LogP contribution in [0.25, 0.3) is 69.6 Å². The lowest BCUT2D eigenvalue weighted by molar-refractivity contribution is 1.18. The minimum Gasteiger partial charge on any atom is -0.310 e. The van der Waals surface area contributed by atoms with Crippen LogP contribution in [0, 0.1) is 0 Å². The summed E-state index contributed by atoms with van der Waals surface area (Å²) in [6.07, 6.45) is 0. The van der Waals surface area contributed by atoms with Crippen molar-refractivity contribution in [1.29, 1.82) is 0 Å². The van der Waals surface area contributed by atoms with Crippen molar-refractivity contribution in [2.75, 3.05) is 14.7 Å². The topological polar surface area (TPSA) is 14.7 Å². The molecule has 354 valence electrons. The van der Waals surface area contributed by atoms with E-state index in [2.05, 4.69) is 310 Å². The van der Waals surface area contributed by atoms with E-state index >= 15 is 0 Å². The largest absolute Gasteiger partial charge is 0.310 e. The van der Waals surface area contributed by atoms with E-state index in [0.29, 0.717) is 0 Å². The lowest BCUT2D eigenvalue weighted by atomic mass is 10.0. The summed E-state index contributed by atoms with van der Waals surface area (Å²) in [5, 5.41) is 7.31. The van der Waals surface area contributed by atoms with E-state index in [9.17, 15) is 0 Å². The van der Waals surface area contributed by atoms with Crippen LogP contribution in [0.3, 0.4) is 0 Å². The highest BCUT2D eigenvalue weighted by atomic mass is 32.1. The van der Waals surface area contributed by atoms with Crippen LogP contribution in [0.1, 0.15) is 0 Å². The third-order valence-corrected chi connectivity index (χ3v) is 15.6. The SMILES string of the molecule is c1ccc(N(c2ccccc2)c2cccc(-c3ccc4sc5cc(N(c6ccccc6)c6cccc(N(c7ccc8c(c7)c7ccccc7n8-c7ccccc7)c7cccc8ccccc78)c6)ccc5c4c3)c2)cc1. The van der Waals surface area contributed by atoms with Crippen molar-refractivity contribution in [3.63, 3.8) is 0 Å². The van der Waals surface area contributed by atoms with Gasteiger partial charge in [-0.3, -0.25) is 0 Å². The molecule has 0 saturated carbocycles. The second-order valence-corrected chi connectivity index (χ2v) is 20.0. The molecule has 0 N–H and O–H groups in total. The molecule has 0 spiro atoms. The van der Waals surface area contributed by atoms with E-state index in [1.54, 1.807) is 0 Å². The van der Waals surface area contributed by atoms with E-state index < -0.39 is 0 Å². The van der Waals surface area contributed by atoms with Crippen molar-refractivity contribution in [3.05, 3.63) is 291 Å². The molecule has 12 aromatic carbocycles. The van der Waals surface area contributed by atoms with E-state index in [0.717, 1.165) is 56.9 Å². The van der Waals surface area contributed by atoms with Gasteiger partial charge >= 0.3 is 0 Å². The maximum atomic E-state index is 2.44. The Kier molecular flexibility index (Phi) is 11.0. The number of benzene rings is 12.